The molecule has 1 N–H and O–H groups in total. The van der Waals surface area contributed by atoms with Gasteiger partial charge in [0, 0.05) is 12.7 Å². The number of anilines is 1. The Morgan fingerprint density at radius 2 is 1.82 bits per heavy atom. The van der Waals surface area contributed by atoms with Crippen LogP contribution in [0.4, 0.5) is 5.69 Å². The van der Waals surface area contributed by atoms with E-state index in [1.54, 1.807) is 7.05 Å². The molecule has 0 aliphatic heterocycles. The van der Waals surface area contributed by atoms with E-state index in [1.807, 2.05) is 24.3 Å². The molecule has 17 heavy (non-hydrogen) atoms. The second-order valence-corrected chi connectivity index (χ2v) is 4.84. The van der Waals surface area contributed by atoms with Gasteiger partial charge in [0.05, 0.1) is 0 Å². The van der Waals surface area contributed by atoms with E-state index in [-0.39, 0.29) is 5.91 Å². The van der Waals surface area contributed by atoms with E-state index in [0.717, 1.165) is 18.5 Å². The predicted octanol–water partition coefficient (Wildman–Crippen LogP) is 2.37. The highest BCUT2D eigenvalue weighted by molar-refractivity contribution is 5.98. The number of hydrogen-bond acceptors (Lipinski definition) is 2. The summed E-state index contributed by atoms with van der Waals surface area (Å²) in [5, 5.41) is 9.67. The molecule has 0 saturated heterocycles. The van der Waals surface area contributed by atoms with Crippen molar-refractivity contribution in [1.82, 2.24) is 0 Å². The molecule has 1 rings (SSSR count). The molecule has 1 amide bonds. The Kier molecular flexibility index (Phi) is 4.29. The van der Waals surface area contributed by atoms with Crippen LogP contribution in [0.1, 0.15) is 32.8 Å². The fourth-order valence-electron chi connectivity index (χ4n) is 1.70. The molecule has 1 aromatic carbocycles. The number of nitrogens with zero attached hydrogens (tertiary/aromatic N) is 1. The van der Waals surface area contributed by atoms with E-state index in [9.17, 15) is 9.90 Å². The van der Waals surface area contributed by atoms with Gasteiger partial charge in [0.25, 0.3) is 5.91 Å². The van der Waals surface area contributed by atoms with Crippen molar-refractivity contribution < 1.29 is 9.90 Å². The summed E-state index contributed by atoms with van der Waals surface area (Å²) in [6, 6.07) is 7.86. The maximum atomic E-state index is 11.9. The molecule has 0 spiro atoms. The minimum absolute atomic E-state index is 0.305. The molecule has 0 aliphatic carbocycles. The Balaban J connectivity index is 2.83. The monoisotopic (exact) mass is 235 g/mol. The van der Waals surface area contributed by atoms with Crippen molar-refractivity contribution in [2.45, 2.75) is 39.2 Å². The third-order valence-electron chi connectivity index (χ3n) is 2.69. The molecule has 0 saturated carbocycles. The van der Waals surface area contributed by atoms with E-state index >= 15 is 0 Å². The van der Waals surface area contributed by atoms with Crippen LogP contribution in [0.2, 0.25) is 0 Å². The summed E-state index contributed by atoms with van der Waals surface area (Å²) in [6.45, 7) is 5.13. The Labute approximate surface area is 103 Å². The molecular formula is C14H21NO2. The topological polar surface area (TPSA) is 40.5 Å². The summed E-state index contributed by atoms with van der Waals surface area (Å²) in [5.74, 6) is -0.305. The highest BCUT2D eigenvalue weighted by atomic mass is 16.3. The Morgan fingerprint density at radius 3 is 2.24 bits per heavy atom. The maximum Gasteiger partial charge on any atom is 0.258 e. The van der Waals surface area contributed by atoms with Gasteiger partial charge in [-0.15, -0.1) is 0 Å². The second-order valence-electron chi connectivity index (χ2n) is 4.84. The van der Waals surface area contributed by atoms with Crippen molar-refractivity contribution in [3.63, 3.8) is 0 Å². The molecule has 0 bridgehead atoms. The first-order chi connectivity index (χ1) is 7.86. The molecule has 94 valence electrons. The molecule has 0 heterocycles. The second kappa shape index (κ2) is 5.32. The van der Waals surface area contributed by atoms with E-state index < -0.39 is 5.60 Å². The van der Waals surface area contributed by atoms with Crippen LogP contribution in [0, 0.1) is 0 Å². The first kappa shape index (κ1) is 13.7. The normalized spacial score (nSPS) is 11.4. The maximum absolute atomic E-state index is 11.9. The number of likely N-dealkylation sites (N-methyl/N-ethyl adjacent to an activating group) is 1. The summed E-state index contributed by atoms with van der Waals surface area (Å²) in [6.07, 6.45) is 2.15. The molecule has 0 aromatic heterocycles. The SMILES string of the molecule is CCCc1ccc(N(C)C(=O)C(C)(C)O)cc1. The van der Waals surface area contributed by atoms with Crippen molar-refractivity contribution in [3.05, 3.63) is 29.8 Å². The molecular weight excluding hydrogens is 214 g/mol. The van der Waals surface area contributed by atoms with Crippen molar-refractivity contribution in [3.8, 4) is 0 Å². The number of benzene rings is 1. The Bertz CT molecular complexity index is 376. The molecule has 3 heteroatoms. The zero-order chi connectivity index (χ0) is 13.1. The fourth-order valence-corrected chi connectivity index (χ4v) is 1.70. The first-order valence-electron chi connectivity index (χ1n) is 5.95. The number of aliphatic hydroxyl groups is 1. The summed E-state index contributed by atoms with van der Waals surface area (Å²) >= 11 is 0. The lowest BCUT2D eigenvalue weighted by atomic mass is 10.1. The standard InChI is InChI=1S/C14H21NO2/c1-5-6-11-7-9-12(10-8-11)15(4)13(16)14(2,3)17/h7-10,17H,5-6H2,1-4H3. The van der Waals surface area contributed by atoms with Gasteiger partial charge in [0.15, 0.2) is 0 Å². The lowest BCUT2D eigenvalue weighted by molar-refractivity contribution is -0.133. The first-order valence-corrected chi connectivity index (χ1v) is 5.95. The van der Waals surface area contributed by atoms with Crippen LogP contribution in [0.15, 0.2) is 24.3 Å². The van der Waals surface area contributed by atoms with Crippen LogP contribution in [0.3, 0.4) is 0 Å². The molecule has 3 nitrogen and oxygen atoms in total. The molecule has 0 radical (unpaired) electrons. The minimum Gasteiger partial charge on any atom is -0.381 e. The molecule has 0 atom stereocenters. The van der Waals surface area contributed by atoms with Gasteiger partial charge in [-0.25, -0.2) is 0 Å². The van der Waals surface area contributed by atoms with Gasteiger partial charge in [-0.05, 0) is 38.0 Å². The number of rotatable bonds is 4. The summed E-state index contributed by atoms with van der Waals surface area (Å²) in [4.78, 5) is 13.3. The summed E-state index contributed by atoms with van der Waals surface area (Å²) in [7, 11) is 1.68. The summed E-state index contributed by atoms with van der Waals surface area (Å²) < 4.78 is 0. The lowest BCUT2D eigenvalue weighted by Gasteiger charge is -2.25. The molecule has 1 aromatic rings. The highest BCUT2D eigenvalue weighted by Gasteiger charge is 2.27. The van der Waals surface area contributed by atoms with Gasteiger partial charge in [-0.2, -0.15) is 0 Å². The molecule has 0 aliphatic rings. The van der Waals surface area contributed by atoms with Crippen LogP contribution >= 0.6 is 0 Å². The van der Waals surface area contributed by atoms with Crippen molar-refractivity contribution in [2.75, 3.05) is 11.9 Å². The Morgan fingerprint density at radius 1 is 1.29 bits per heavy atom. The fraction of sp³-hybridized carbons (Fsp3) is 0.500. The number of aryl methyl sites for hydroxylation is 1. The Hall–Kier alpha value is -1.35. The van der Waals surface area contributed by atoms with Gasteiger partial charge >= 0.3 is 0 Å². The zero-order valence-corrected chi connectivity index (χ0v) is 11.0. The highest BCUT2D eigenvalue weighted by Crippen LogP contribution is 2.18. The van der Waals surface area contributed by atoms with Crippen LogP contribution in [-0.2, 0) is 11.2 Å². The van der Waals surface area contributed by atoms with Crippen LogP contribution < -0.4 is 4.90 Å². The van der Waals surface area contributed by atoms with Gasteiger partial charge < -0.3 is 10.0 Å². The number of carbonyl (C=O) groups excluding carboxylic acids is 1. The summed E-state index contributed by atoms with van der Waals surface area (Å²) in [5.41, 5.74) is 0.731. The predicted molar refractivity (Wildman–Crippen MR) is 70.1 cm³/mol. The quantitative estimate of drug-likeness (QED) is 0.870. The minimum atomic E-state index is -1.34. The van der Waals surface area contributed by atoms with Crippen LogP contribution in [0.5, 0.6) is 0 Å². The lowest BCUT2D eigenvalue weighted by Crippen LogP contribution is -2.43. The van der Waals surface area contributed by atoms with E-state index in [1.165, 1.54) is 24.3 Å². The zero-order valence-electron chi connectivity index (χ0n) is 11.0. The molecule has 0 fully saturated rings. The third-order valence-corrected chi connectivity index (χ3v) is 2.69. The largest absolute Gasteiger partial charge is 0.381 e. The average Bonchev–Trinajstić information content (AvgIpc) is 2.27. The van der Waals surface area contributed by atoms with Gasteiger partial charge in [0.2, 0.25) is 0 Å². The van der Waals surface area contributed by atoms with Gasteiger partial charge in [0.1, 0.15) is 5.60 Å². The number of amides is 1. The average molecular weight is 235 g/mol. The van der Waals surface area contributed by atoms with Crippen LogP contribution in [-0.4, -0.2) is 23.7 Å². The van der Waals surface area contributed by atoms with Crippen LogP contribution in [0.25, 0.3) is 0 Å². The van der Waals surface area contributed by atoms with E-state index in [4.69, 9.17) is 0 Å². The smallest absolute Gasteiger partial charge is 0.258 e. The van der Waals surface area contributed by atoms with E-state index in [2.05, 4.69) is 6.92 Å². The third kappa shape index (κ3) is 3.56. The number of carbonyl (C=O) groups is 1. The van der Waals surface area contributed by atoms with Gasteiger partial charge in [-0.3, -0.25) is 4.79 Å². The van der Waals surface area contributed by atoms with Crippen molar-refractivity contribution in [2.24, 2.45) is 0 Å². The van der Waals surface area contributed by atoms with Crippen molar-refractivity contribution >= 4 is 11.6 Å². The van der Waals surface area contributed by atoms with E-state index in [0.29, 0.717) is 0 Å². The molecule has 0 unspecified atom stereocenters. The number of hydrogen-bond donors (Lipinski definition) is 1. The van der Waals surface area contributed by atoms with Gasteiger partial charge in [-0.1, -0.05) is 25.5 Å². The van der Waals surface area contributed by atoms with Crippen molar-refractivity contribution in [1.29, 1.82) is 0 Å².